The molecule has 1 atom stereocenters. The van der Waals surface area contributed by atoms with Crippen LogP contribution < -0.4 is 5.32 Å². The maximum Gasteiger partial charge on any atom is 0.131 e. The number of hydrogen-bond donors (Lipinski definition) is 1. The minimum atomic E-state index is 0.0165. The highest BCUT2D eigenvalue weighted by atomic mass is 32.1. The van der Waals surface area contributed by atoms with Gasteiger partial charge in [0.15, 0.2) is 0 Å². The van der Waals surface area contributed by atoms with Gasteiger partial charge in [0, 0.05) is 24.7 Å². The molecular formula is C20H20N4S. The van der Waals surface area contributed by atoms with Crippen LogP contribution in [0.4, 0.5) is 0 Å². The molecule has 0 fully saturated rings. The lowest BCUT2D eigenvalue weighted by Crippen LogP contribution is -2.24. The molecule has 2 aromatic carbocycles. The van der Waals surface area contributed by atoms with Crippen molar-refractivity contribution in [3.8, 4) is 0 Å². The van der Waals surface area contributed by atoms with Crippen molar-refractivity contribution in [3.63, 3.8) is 0 Å². The van der Waals surface area contributed by atoms with E-state index >= 15 is 0 Å². The Morgan fingerprint density at radius 1 is 1.08 bits per heavy atom. The molecule has 0 amide bonds. The lowest BCUT2D eigenvalue weighted by atomic mass is 10.1. The number of thiazole rings is 1. The van der Waals surface area contributed by atoms with Crippen molar-refractivity contribution < 1.29 is 0 Å². The lowest BCUT2D eigenvalue weighted by molar-refractivity contribution is 0.560. The number of nitrogens with zero attached hydrogens (tertiary/aromatic N) is 3. The van der Waals surface area contributed by atoms with Gasteiger partial charge in [0.2, 0.25) is 0 Å². The Morgan fingerprint density at radius 3 is 2.56 bits per heavy atom. The van der Waals surface area contributed by atoms with Gasteiger partial charge < -0.3 is 4.57 Å². The summed E-state index contributed by atoms with van der Waals surface area (Å²) >= 11 is 1.73. The number of aryl methyl sites for hydroxylation is 2. The fourth-order valence-corrected chi connectivity index (χ4v) is 3.84. The second kappa shape index (κ2) is 6.78. The van der Waals surface area contributed by atoms with Gasteiger partial charge in [-0.05, 0) is 24.6 Å². The largest absolute Gasteiger partial charge is 0.330 e. The van der Waals surface area contributed by atoms with Crippen LogP contribution in [0.3, 0.4) is 0 Å². The zero-order chi connectivity index (χ0) is 17.2. The van der Waals surface area contributed by atoms with Crippen LogP contribution in [0, 0.1) is 6.92 Å². The number of para-hydroxylation sites is 2. The summed E-state index contributed by atoms with van der Waals surface area (Å²) in [6, 6.07) is 18.7. The van der Waals surface area contributed by atoms with Gasteiger partial charge in [0.1, 0.15) is 10.8 Å². The topological polar surface area (TPSA) is 42.7 Å². The fraction of sp³-hybridized carbons (Fsp3) is 0.200. The molecule has 0 radical (unpaired) electrons. The van der Waals surface area contributed by atoms with Crippen LogP contribution in [0.15, 0.2) is 60.8 Å². The molecule has 0 bridgehead atoms. The highest BCUT2D eigenvalue weighted by Crippen LogP contribution is 2.25. The number of fused-ring (bicyclic) bond motifs is 1. The molecule has 0 saturated carbocycles. The summed E-state index contributed by atoms with van der Waals surface area (Å²) in [6.45, 7) is 2.81. The zero-order valence-electron chi connectivity index (χ0n) is 14.3. The van der Waals surface area contributed by atoms with Crippen molar-refractivity contribution >= 4 is 22.4 Å². The van der Waals surface area contributed by atoms with E-state index in [1.54, 1.807) is 11.3 Å². The monoisotopic (exact) mass is 348 g/mol. The Morgan fingerprint density at radius 2 is 1.84 bits per heavy atom. The first-order valence-electron chi connectivity index (χ1n) is 8.33. The molecule has 0 aliphatic heterocycles. The normalized spacial score (nSPS) is 12.6. The first kappa shape index (κ1) is 16.0. The zero-order valence-corrected chi connectivity index (χ0v) is 15.1. The van der Waals surface area contributed by atoms with E-state index in [1.807, 2.05) is 18.3 Å². The molecule has 0 saturated heterocycles. The predicted molar refractivity (Wildman–Crippen MR) is 103 cm³/mol. The second-order valence-corrected chi connectivity index (χ2v) is 7.43. The number of nitrogens with one attached hydrogen (secondary N) is 1. The third-order valence-electron chi connectivity index (χ3n) is 4.34. The molecule has 2 heterocycles. The van der Waals surface area contributed by atoms with E-state index in [0.29, 0.717) is 0 Å². The molecule has 126 valence electrons. The summed E-state index contributed by atoms with van der Waals surface area (Å²) in [4.78, 5) is 10.6. The van der Waals surface area contributed by atoms with Crippen molar-refractivity contribution in [3.05, 3.63) is 82.1 Å². The van der Waals surface area contributed by atoms with Crippen molar-refractivity contribution in [1.29, 1.82) is 0 Å². The fourth-order valence-electron chi connectivity index (χ4n) is 3.10. The molecule has 1 unspecified atom stereocenters. The van der Waals surface area contributed by atoms with Crippen LogP contribution in [0.5, 0.6) is 0 Å². The smallest absolute Gasteiger partial charge is 0.131 e. The van der Waals surface area contributed by atoms with Gasteiger partial charge in [-0.25, -0.2) is 9.97 Å². The molecule has 4 aromatic rings. The highest BCUT2D eigenvalue weighted by molar-refractivity contribution is 7.11. The summed E-state index contributed by atoms with van der Waals surface area (Å²) in [6.07, 6.45) is 1.92. The SMILES string of the molecule is Cc1cnc(CNC(c2ccccc2)c2nc3ccccc3n2C)s1. The highest BCUT2D eigenvalue weighted by Gasteiger charge is 2.20. The average Bonchev–Trinajstić information content (AvgIpc) is 3.20. The lowest BCUT2D eigenvalue weighted by Gasteiger charge is -2.18. The number of aromatic nitrogens is 3. The van der Waals surface area contributed by atoms with E-state index in [0.717, 1.165) is 28.4 Å². The van der Waals surface area contributed by atoms with Crippen LogP contribution in [0.25, 0.3) is 11.0 Å². The summed E-state index contributed by atoms with van der Waals surface area (Å²) in [7, 11) is 2.08. The van der Waals surface area contributed by atoms with E-state index in [4.69, 9.17) is 4.98 Å². The quantitative estimate of drug-likeness (QED) is 0.587. The van der Waals surface area contributed by atoms with E-state index in [2.05, 4.69) is 71.3 Å². The maximum atomic E-state index is 4.89. The molecule has 25 heavy (non-hydrogen) atoms. The molecule has 4 nitrogen and oxygen atoms in total. The Bertz CT molecular complexity index is 987. The minimum absolute atomic E-state index is 0.0165. The van der Waals surface area contributed by atoms with Crippen LogP contribution >= 0.6 is 11.3 Å². The van der Waals surface area contributed by atoms with Crippen molar-refractivity contribution in [2.45, 2.75) is 19.5 Å². The van der Waals surface area contributed by atoms with E-state index in [9.17, 15) is 0 Å². The van der Waals surface area contributed by atoms with Crippen LogP contribution in [-0.2, 0) is 13.6 Å². The van der Waals surface area contributed by atoms with Crippen molar-refractivity contribution in [1.82, 2.24) is 19.9 Å². The molecule has 0 aliphatic carbocycles. The third kappa shape index (κ3) is 3.21. The summed E-state index contributed by atoms with van der Waals surface area (Å²) < 4.78 is 2.17. The first-order chi connectivity index (χ1) is 12.2. The predicted octanol–water partition coefficient (Wildman–Crippen LogP) is 4.22. The number of hydrogen-bond acceptors (Lipinski definition) is 4. The average molecular weight is 348 g/mol. The molecule has 1 N–H and O–H groups in total. The van der Waals surface area contributed by atoms with Crippen LogP contribution in [-0.4, -0.2) is 14.5 Å². The second-order valence-electron chi connectivity index (χ2n) is 6.11. The number of rotatable bonds is 5. The number of benzene rings is 2. The van der Waals surface area contributed by atoms with Gasteiger partial charge in [-0.15, -0.1) is 11.3 Å². The van der Waals surface area contributed by atoms with Gasteiger partial charge in [-0.1, -0.05) is 42.5 Å². The van der Waals surface area contributed by atoms with Gasteiger partial charge in [0.25, 0.3) is 0 Å². The number of imidazole rings is 1. The molecule has 4 rings (SSSR count). The van der Waals surface area contributed by atoms with Crippen LogP contribution in [0.1, 0.15) is 27.3 Å². The maximum absolute atomic E-state index is 4.89. The van der Waals surface area contributed by atoms with Crippen molar-refractivity contribution in [2.24, 2.45) is 7.05 Å². The standard InChI is InChI=1S/C20H20N4S/c1-14-12-21-18(25-14)13-22-19(15-8-4-3-5-9-15)20-23-16-10-6-7-11-17(16)24(20)2/h3-12,19,22H,13H2,1-2H3. The van der Waals surface area contributed by atoms with Gasteiger partial charge in [-0.2, -0.15) is 0 Å². The summed E-state index contributed by atoms with van der Waals surface area (Å²) in [5, 5.41) is 4.74. The van der Waals surface area contributed by atoms with Crippen LogP contribution in [0.2, 0.25) is 0 Å². The van der Waals surface area contributed by atoms with E-state index < -0.39 is 0 Å². The molecule has 2 aromatic heterocycles. The molecular weight excluding hydrogens is 328 g/mol. The van der Waals surface area contributed by atoms with Crippen molar-refractivity contribution in [2.75, 3.05) is 0 Å². The third-order valence-corrected chi connectivity index (χ3v) is 5.25. The van der Waals surface area contributed by atoms with Gasteiger partial charge in [-0.3, -0.25) is 5.32 Å². The Hall–Kier alpha value is -2.50. The first-order valence-corrected chi connectivity index (χ1v) is 9.15. The minimum Gasteiger partial charge on any atom is -0.330 e. The molecule has 0 spiro atoms. The Labute approximate surface area is 151 Å². The summed E-state index contributed by atoms with van der Waals surface area (Å²) in [5.74, 6) is 1.01. The van der Waals surface area contributed by atoms with E-state index in [1.165, 1.54) is 10.4 Å². The van der Waals surface area contributed by atoms with Gasteiger partial charge in [0.05, 0.1) is 17.1 Å². The summed E-state index contributed by atoms with van der Waals surface area (Å²) in [5.41, 5.74) is 3.37. The Kier molecular flexibility index (Phi) is 4.34. The van der Waals surface area contributed by atoms with Gasteiger partial charge >= 0.3 is 0 Å². The molecule has 5 heteroatoms. The Balaban J connectivity index is 1.72. The molecule has 0 aliphatic rings. The van der Waals surface area contributed by atoms with E-state index in [-0.39, 0.29) is 6.04 Å².